The smallest absolute Gasteiger partial charge is 0.230 e. The minimum atomic E-state index is 0.0141. The van der Waals surface area contributed by atoms with Crippen molar-refractivity contribution in [3.63, 3.8) is 0 Å². The van der Waals surface area contributed by atoms with Crippen molar-refractivity contribution >= 4 is 11.9 Å². The third-order valence-electron chi connectivity index (χ3n) is 2.04. The van der Waals surface area contributed by atoms with Crippen LogP contribution in [0.5, 0.6) is 0 Å². The Balaban J connectivity index is 2.71. The van der Waals surface area contributed by atoms with Crippen LogP contribution in [-0.4, -0.2) is 58.5 Å². The number of nitrogens with one attached hydrogen (secondary N) is 1. The molecule has 96 valence electrons. The van der Waals surface area contributed by atoms with Gasteiger partial charge in [0.25, 0.3) is 0 Å². The van der Waals surface area contributed by atoms with E-state index in [2.05, 4.69) is 20.3 Å². The number of hydrogen-bond donors (Lipinski definition) is 4. The molecule has 0 aromatic carbocycles. The lowest BCUT2D eigenvalue weighted by atomic mass is 10.5. The average Bonchev–Trinajstić information content (AvgIpc) is 2.29. The zero-order valence-corrected chi connectivity index (χ0v) is 9.80. The molecule has 0 saturated carbocycles. The zero-order valence-electron chi connectivity index (χ0n) is 9.80. The Hall–Kier alpha value is -1.51. The summed E-state index contributed by atoms with van der Waals surface area (Å²) < 4.78 is 0. The number of rotatable bonds is 7. The fourth-order valence-corrected chi connectivity index (χ4v) is 1.20. The lowest BCUT2D eigenvalue weighted by Gasteiger charge is -2.16. The van der Waals surface area contributed by atoms with Crippen LogP contribution in [0.3, 0.4) is 0 Å². The molecule has 0 radical (unpaired) electrons. The molecule has 0 bridgehead atoms. The molecular weight excluding hydrogens is 224 g/mol. The van der Waals surface area contributed by atoms with Crippen LogP contribution in [0, 0.1) is 0 Å². The second kappa shape index (κ2) is 6.94. The van der Waals surface area contributed by atoms with Gasteiger partial charge < -0.3 is 26.2 Å². The van der Waals surface area contributed by atoms with E-state index in [1.807, 2.05) is 0 Å². The summed E-state index contributed by atoms with van der Waals surface area (Å²) in [5.74, 6) is 1.07. The summed E-state index contributed by atoms with van der Waals surface area (Å²) in [7, 11) is 1.76. The van der Waals surface area contributed by atoms with Gasteiger partial charge in [0.15, 0.2) is 0 Å². The maximum Gasteiger partial charge on any atom is 0.230 e. The molecule has 1 aromatic heterocycles. The predicted molar refractivity (Wildman–Crippen MR) is 63.4 cm³/mol. The van der Waals surface area contributed by atoms with Gasteiger partial charge in [0, 0.05) is 20.1 Å². The van der Waals surface area contributed by atoms with E-state index in [-0.39, 0.29) is 19.2 Å². The molecule has 0 saturated heterocycles. The van der Waals surface area contributed by atoms with Gasteiger partial charge in [-0.15, -0.1) is 0 Å². The number of aliphatic hydroxyl groups is 2. The van der Waals surface area contributed by atoms with E-state index >= 15 is 0 Å². The van der Waals surface area contributed by atoms with E-state index in [1.54, 1.807) is 11.9 Å². The molecule has 0 aliphatic heterocycles. The molecule has 1 rings (SSSR count). The third kappa shape index (κ3) is 4.47. The normalized spacial score (nSPS) is 10.5. The number of aliphatic hydroxyl groups excluding tert-OH is 2. The number of nitrogens with two attached hydrogens (primary N) is 1. The molecular formula is C9H18N6O2. The van der Waals surface area contributed by atoms with Crippen LogP contribution in [0.4, 0.5) is 11.9 Å². The Kier molecular flexibility index (Phi) is 5.53. The Morgan fingerprint density at radius 1 is 1.24 bits per heavy atom. The molecule has 0 amide bonds. The Labute approximate surface area is 99.5 Å². The van der Waals surface area contributed by atoms with Crippen molar-refractivity contribution in [1.29, 1.82) is 0 Å². The molecule has 17 heavy (non-hydrogen) atoms. The number of nitrogens with zero attached hydrogens (tertiary/aromatic N) is 4. The summed E-state index contributed by atoms with van der Waals surface area (Å²) in [6.07, 6.45) is 0. The second-order valence-electron chi connectivity index (χ2n) is 3.46. The first-order chi connectivity index (χ1) is 8.17. The molecule has 1 aromatic rings. The van der Waals surface area contributed by atoms with Gasteiger partial charge in [0.1, 0.15) is 5.82 Å². The number of hydrogen-bond acceptors (Lipinski definition) is 8. The van der Waals surface area contributed by atoms with Crippen LogP contribution in [-0.2, 0) is 6.54 Å². The van der Waals surface area contributed by atoms with Gasteiger partial charge in [-0.25, -0.2) is 0 Å². The monoisotopic (exact) mass is 242 g/mol. The lowest BCUT2D eigenvalue weighted by molar-refractivity contribution is 0.291. The third-order valence-corrected chi connectivity index (χ3v) is 2.04. The van der Waals surface area contributed by atoms with Gasteiger partial charge in [-0.2, -0.15) is 15.0 Å². The molecule has 8 nitrogen and oxygen atoms in total. The number of nitrogen functional groups attached to an aromatic ring is 1. The van der Waals surface area contributed by atoms with Crippen molar-refractivity contribution in [2.75, 3.05) is 44.0 Å². The van der Waals surface area contributed by atoms with Gasteiger partial charge in [-0.05, 0) is 0 Å². The molecule has 8 heteroatoms. The van der Waals surface area contributed by atoms with E-state index in [0.717, 1.165) is 0 Å². The quantitative estimate of drug-likeness (QED) is 0.404. The summed E-state index contributed by atoms with van der Waals surface area (Å²) >= 11 is 0. The van der Waals surface area contributed by atoms with Crippen molar-refractivity contribution in [1.82, 2.24) is 20.3 Å². The summed E-state index contributed by atoms with van der Waals surface area (Å²) in [5, 5.41) is 20.4. The molecule has 0 aliphatic rings. The Morgan fingerprint density at radius 3 is 2.65 bits per heavy atom. The first kappa shape index (κ1) is 13.6. The van der Waals surface area contributed by atoms with Crippen molar-refractivity contribution in [3.05, 3.63) is 5.82 Å². The van der Waals surface area contributed by atoms with Crippen LogP contribution >= 0.6 is 0 Å². The van der Waals surface area contributed by atoms with Gasteiger partial charge in [0.05, 0.1) is 19.8 Å². The van der Waals surface area contributed by atoms with E-state index in [0.29, 0.717) is 31.4 Å². The number of likely N-dealkylation sites (N-methyl/N-ethyl adjacent to an activating group) is 1. The van der Waals surface area contributed by atoms with Crippen LogP contribution in [0.25, 0.3) is 0 Å². The van der Waals surface area contributed by atoms with Crippen LogP contribution in [0.15, 0.2) is 0 Å². The highest BCUT2D eigenvalue weighted by Crippen LogP contribution is 2.06. The highest BCUT2D eigenvalue weighted by Gasteiger charge is 2.08. The van der Waals surface area contributed by atoms with E-state index in [1.165, 1.54) is 0 Å². The average molecular weight is 242 g/mol. The summed E-state index contributed by atoms with van der Waals surface area (Å²) in [4.78, 5) is 13.8. The SMILES string of the molecule is CN(CCO)c1nc(N)nc(CNCCO)n1. The maximum absolute atomic E-state index is 8.83. The molecule has 0 aliphatic carbocycles. The van der Waals surface area contributed by atoms with Gasteiger partial charge in [-0.3, -0.25) is 0 Å². The van der Waals surface area contributed by atoms with E-state index in [4.69, 9.17) is 15.9 Å². The van der Waals surface area contributed by atoms with E-state index < -0.39 is 0 Å². The topological polar surface area (TPSA) is 120 Å². The predicted octanol–water partition coefficient (Wildman–Crippen LogP) is -2.04. The standard InChI is InChI=1S/C9H18N6O2/c1-15(3-5-17)9-13-7(6-11-2-4-16)12-8(10)14-9/h11,16-17H,2-6H2,1H3,(H2,10,12,13,14). The van der Waals surface area contributed by atoms with Crippen LogP contribution in [0.1, 0.15) is 5.82 Å². The van der Waals surface area contributed by atoms with Gasteiger partial charge in [0.2, 0.25) is 11.9 Å². The summed E-state index contributed by atoms with van der Waals surface area (Å²) in [6, 6.07) is 0. The van der Waals surface area contributed by atoms with E-state index in [9.17, 15) is 0 Å². The van der Waals surface area contributed by atoms with Crippen molar-refractivity contribution in [2.45, 2.75) is 6.54 Å². The van der Waals surface area contributed by atoms with Crippen molar-refractivity contribution < 1.29 is 10.2 Å². The van der Waals surface area contributed by atoms with Crippen molar-refractivity contribution in [3.8, 4) is 0 Å². The van der Waals surface area contributed by atoms with Crippen molar-refractivity contribution in [2.24, 2.45) is 0 Å². The highest BCUT2D eigenvalue weighted by molar-refractivity contribution is 5.33. The minimum absolute atomic E-state index is 0.0141. The maximum atomic E-state index is 8.83. The molecule has 5 N–H and O–H groups in total. The lowest BCUT2D eigenvalue weighted by Crippen LogP contribution is -2.26. The summed E-state index contributed by atoms with van der Waals surface area (Å²) in [6.45, 7) is 1.37. The Morgan fingerprint density at radius 2 is 2.00 bits per heavy atom. The summed E-state index contributed by atoms with van der Waals surface area (Å²) in [5.41, 5.74) is 5.57. The molecule has 1 heterocycles. The van der Waals surface area contributed by atoms with Crippen LogP contribution < -0.4 is 16.0 Å². The molecule has 0 spiro atoms. The number of aromatic nitrogens is 3. The Bertz CT molecular complexity index is 348. The highest BCUT2D eigenvalue weighted by atomic mass is 16.3. The number of anilines is 2. The molecule has 0 fully saturated rings. The van der Waals surface area contributed by atoms with Gasteiger partial charge >= 0.3 is 0 Å². The first-order valence-corrected chi connectivity index (χ1v) is 5.31. The molecule has 0 atom stereocenters. The second-order valence-corrected chi connectivity index (χ2v) is 3.46. The fraction of sp³-hybridized carbons (Fsp3) is 0.667. The fourth-order valence-electron chi connectivity index (χ4n) is 1.20. The first-order valence-electron chi connectivity index (χ1n) is 5.31. The zero-order chi connectivity index (χ0) is 12.7. The van der Waals surface area contributed by atoms with Gasteiger partial charge in [-0.1, -0.05) is 0 Å². The van der Waals surface area contributed by atoms with Crippen LogP contribution in [0.2, 0.25) is 0 Å². The molecule has 0 unspecified atom stereocenters. The minimum Gasteiger partial charge on any atom is -0.395 e. The largest absolute Gasteiger partial charge is 0.395 e.